The predicted octanol–water partition coefficient (Wildman–Crippen LogP) is 7.20. The largest absolute Gasteiger partial charge is 0.457 e. The number of nitrogens with one attached hydrogen (secondary N) is 1. The Labute approximate surface area is 239 Å². The molecule has 5 rings (SSSR count). The third kappa shape index (κ3) is 6.81. The third-order valence-corrected chi connectivity index (χ3v) is 7.76. The number of aromatic nitrogens is 1. The van der Waals surface area contributed by atoms with Crippen LogP contribution in [0, 0.1) is 5.92 Å². The summed E-state index contributed by atoms with van der Waals surface area (Å²) < 4.78 is 12.6. The average Bonchev–Trinajstić information content (AvgIpc) is 3.59. The fourth-order valence-electron chi connectivity index (χ4n) is 4.79. The maximum Gasteiger partial charge on any atom is 0.410 e. The van der Waals surface area contributed by atoms with E-state index in [0.29, 0.717) is 11.7 Å². The highest BCUT2D eigenvalue weighted by Crippen LogP contribution is 2.39. The summed E-state index contributed by atoms with van der Waals surface area (Å²) in [6.07, 6.45) is 6.81. The highest BCUT2D eigenvalue weighted by molar-refractivity contribution is 7.18. The number of amides is 1. The van der Waals surface area contributed by atoms with Crippen molar-refractivity contribution in [3.05, 3.63) is 77.8 Å². The summed E-state index contributed by atoms with van der Waals surface area (Å²) in [5.41, 5.74) is 9.07. The van der Waals surface area contributed by atoms with Gasteiger partial charge in [-0.25, -0.2) is 9.78 Å². The number of anilines is 1. The van der Waals surface area contributed by atoms with Crippen molar-refractivity contribution >= 4 is 39.4 Å². The lowest BCUT2D eigenvalue weighted by atomic mass is 10.0. The van der Waals surface area contributed by atoms with Gasteiger partial charge in [-0.2, -0.15) is 0 Å². The van der Waals surface area contributed by atoms with Crippen molar-refractivity contribution in [3.8, 4) is 22.6 Å². The van der Waals surface area contributed by atoms with Gasteiger partial charge in [0.15, 0.2) is 0 Å². The number of carbonyl (C=O) groups is 1. The summed E-state index contributed by atoms with van der Waals surface area (Å²) in [6.45, 7) is 8.75. The molecule has 3 N–H and O–H groups in total. The number of ether oxygens (including phenoxy) is 2. The van der Waals surface area contributed by atoms with Gasteiger partial charge in [-0.05, 0) is 68.3 Å². The van der Waals surface area contributed by atoms with Gasteiger partial charge < -0.3 is 25.4 Å². The van der Waals surface area contributed by atoms with Crippen molar-refractivity contribution in [1.29, 1.82) is 0 Å². The van der Waals surface area contributed by atoms with E-state index in [9.17, 15) is 4.79 Å². The lowest BCUT2D eigenvalue weighted by Crippen LogP contribution is -2.36. The standard InChI is InChI=1S/C32H36N4O3S/c1-32(2,3)39-31(37)36-17-15-22(20-36)18-34-16-7-8-24-19-35-30(33)28-27(21-40-29(24)28)23-11-13-26(14-12-23)38-25-9-5-4-6-10-25/h4-14,19,21-22,34H,15-18,20H2,1-3H3,(H2,33,35)/b8-7+. The number of nitrogens with zero attached hydrogens (tertiary/aromatic N) is 2. The number of nitrogen functional groups attached to an aromatic ring is 1. The van der Waals surface area contributed by atoms with Crippen LogP contribution in [0.25, 0.3) is 27.3 Å². The van der Waals surface area contributed by atoms with E-state index in [1.807, 2.05) is 74.3 Å². The number of rotatable bonds is 8. The van der Waals surface area contributed by atoms with E-state index >= 15 is 0 Å². The molecule has 8 heteroatoms. The number of fused-ring (bicyclic) bond motifs is 1. The molecule has 3 heterocycles. The Balaban J connectivity index is 1.18. The number of thiophene rings is 1. The molecule has 4 aromatic rings. The minimum Gasteiger partial charge on any atom is -0.457 e. The lowest BCUT2D eigenvalue weighted by Gasteiger charge is -2.24. The molecule has 40 heavy (non-hydrogen) atoms. The molecule has 208 valence electrons. The van der Waals surface area contributed by atoms with Gasteiger partial charge in [0.2, 0.25) is 0 Å². The molecule has 0 saturated carbocycles. The van der Waals surface area contributed by atoms with Gasteiger partial charge >= 0.3 is 6.09 Å². The minimum atomic E-state index is -0.466. The number of likely N-dealkylation sites (tertiary alicyclic amines) is 1. The molecule has 1 saturated heterocycles. The second kappa shape index (κ2) is 12.1. The van der Waals surface area contributed by atoms with E-state index in [1.54, 1.807) is 11.3 Å². The maximum absolute atomic E-state index is 12.3. The fourth-order valence-corrected chi connectivity index (χ4v) is 5.87. The molecule has 1 unspecified atom stereocenters. The first-order valence-electron chi connectivity index (χ1n) is 13.6. The first-order valence-corrected chi connectivity index (χ1v) is 14.5. The number of hydrogen-bond donors (Lipinski definition) is 2. The number of benzene rings is 2. The van der Waals surface area contributed by atoms with Crippen LogP contribution in [-0.2, 0) is 4.74 Å². The second-order valence-corrected chi connectivity index (χ2v) is 11.9. The molecule has 1 aliphatic rings. The van der Waals surface area contributed by atoms with E-state index in [4.69, 9.17) is 15.2 Å². The van der Waals surface area contributed by atoms with E-state index in [-0.39, 0.29) is 6.09 Å². The van der Waals surface area contributed by atoms with Crippen LogP contribution in [0.1, 0.15) is 32.8 Å². The third-order valence-electron chi connectivity index (χ3n) is 6.73. The van der Waals surface area contributed by atoms with Crippen LogP contribution in [-0.4, -0.2) is 47.8 Å². The number of carbonyl (C=O) groups excluding carboxylic acids is 1. The van der Waals surface area contributed by atoms with Crippen molar-refractivity contribution in [2.24, 2.45) is 5.92 Å². The number of nitrogens with two attached hydrogens (primary N) is 1. The van der Waals surface area contributed by atoms with Crippen LogP contribution in [0.2, 0.25) is 0 Å². The first-order chi connectivity index (χ1) is 19.3. The molecule has 1 fully saturated rings. The Kier molecular flexibility index (Phi) is 8.38. The molecule has 0 aliphatic carbocycles. The van der Waals surface area contributed by atoms with Crippen LogP contribution in [0.15, 0.2) is 72.3 Å². The molecule has 1 amide bonds. The van der Waals surface area contributed by atoms with Gasteiger partial charge in [0.05, 0.1) is 0 Å². The Morgan fingerprint density at radius 3 is 2.65 bits per heavy atom. The van der Waals surface area contributed by atoms with Crippen molar-refractivity contribution in [2.45, 2.75) is 32.8 Å². The van der Waals surface area contributed by atoms with Gasteiger partial charge in [0.25, 0.3) is 0 Å². The van der Waals surface area contributed by atoms with Crippen molar-refractivity contribution in [3.63, 3.8) is 0 Å². The summed E-state index contributed by atoms with van der Waals surface area (Å²) in [5, 5.41) is 6.62. The van der Waals surface area contributed by atoms with Crippen LogP contribution < -0.4 is 15.8 Å². The summed E-state index contributed by atoms with van der Waals surface area (Å²) in [5.74, 6) is 2.55. The second-order valence-electron chi connectivity index (χ2n) is 11.0. The highest BCUT2D eigenvalue weighted by Gasteiger charge is 2.29. The molecule has 1 aliphatic heterocycles. The molecule has 2 aromatic heterocycles. The Morgan fingerprint density at radius 1 is 1.15 bits per heavy atom. The molecular formula is C32H36N4O3S. The van der Waals surface area contributed by atoms with Crippen LogP contribution >= 0.6 is 11.3 Å². The summed E-state index contributed by atoms with van der Waals surface area (Å²) >= 11 is 1.68. The van der Waals surface area contributed by atoms with Gasteiger partial charge in [-0.3, -0.25) is 0 Å². The maximum atomic E-state index is 12.3. The van der Waals surface area contributed by atoms with Crippen LogP contribution in [0.5, 0.6) is 11.5 Å². The minimum absolute atomic E-state index is 0.221. The van der Waals surface area contributed by atoms with Crippen molar-refractivity contribution < 1.29 is 14.3 Å². The lowest BCUT2D eigenvalue weighted by molar-refractivity contribution is 0.0288. The van der Waals surface area contributed by atoms with Crippen LogP contribution in [0.3, 0.4) is 0 Å². The zero-order valence-corrected chi connectivity index (χ0v) is 24.0. The van der Waals surface area contributed by atoms with E-state index in [1.165, 1.54) is 0 Å². The zero-order chi connectivity index (χ0) is 28.1. The summed E-state index contributed by atoms with van der Waals surface area (Å²) in [6, 6.07) is 17.8. The van der Waals surface area contributed by atoms with Gasteiger partial charge in [-0.1, -0.05) is 42.5 Å². The van der Waals surface area contributed by atoms with E-state index in [0.717, 1.165) is 70.9 Å². The van der Waals surface area contributed by atoms with Gasteiger partial charge in [0, 0.05) is 53.6 Å². The number of pyridine rings is 1. The van der Waals surface area contributed by atoms with Gasteiger partial charge in [-0.15, -0.1) is 11.3 Å². The quantitative estimate of drug-likeness (QED) is 0.223. The smallest absolute Gasteiger partial charge is 0.410 e. The monoisotopic (exact) mass is 556 g/mol. The molecule has 0 spiro atoms. The normalized spacial score (nSPS) is 15.7. The molecule has 7 nitrogen and oxygen atoms in total. The summed E-state index contributed by atoms with van der Waals surface area (Å²) in [4.78, 5) is 18.6. The average molecular weight is 557 g/mol. The highest BCUT2D eigenvalue weighted by atomic mass is 32.1. The van der Waals surface area contributed by atoms with Crippen LogP contribution in [0.4, 0.5) is 10.6 Å². The molecule has 0 radical (unpaired) electrons. The van der Waals surface area contributed by atoms with Crippen molar-refractivity contribution in [2.75, 3.05) is 31.9 Å². The topological polar surface area (TPSA) is 89.7 Å². The molecular weight excluding hydrogens is 520 g/mol. The van der Waals surface area contributed by atoms with E-state index in [2.05, 4.69) is 40.0 Å². The molecule has 1 atom stereocenters. The van der Waals surface area contributed by atoms with Crippen molar-refractivity contribution in [1.82, 2.24) is 15.2 Å². The SMILES string of the molecule is CC(C)(C)OC(=O)N1CCC(CNC/C=C/c2cnc(N)c3c(-c4ccc(Oc5ccccc5)cc4)csc23)C1. The predicted molar refractivity (Wildman–Crippen MR) is 164 cm³/mol. The zero-order valence-electron chi connectivity index (χ0n) is 23.2. The number of para-hydroxylation sites is 1. The first kappa shape index (κ1) is 27.7. The Morgan fingerprint density at radius 2 is 1.90 bits per heavy atom. The fraction of sp³-hybridized carbons (Fsp3) is 0.312. The molecule has 0 bridgehead atoms. The number of hydrogen-bond acceptors (Lipinski definition) is 7. The Bertz CT molecular complexity index is 1480. The molecule has 2 aromatic carbocycles. The van der Waals surface area contributed by atoms with Gasteiger partial charge in [0.1, 0.15) is 22.9 Å². The summed E-state index contributed by atoms with van der Waals surface area (Å²) in [7, 11) is 0. The van der Waals surface area contributed by atoms with E-state index < -0.39 is 5.60 Å². The Hall–Kier alpha value is -3.88.